The number of ether oxygens (including phenoxy) is 2. The second-order valence-electron chi connectivity index (χ2n) is 6.60. The summed E-state index contributed by atoms with van der Waals surface area (Å²) in [4.78, 5) is 4.82. The second-order valence-corrected chi connectivity index (χ2v) is 6.60. The Labute approximate surface area is 137 Å². The van der Waals surface area contributed by atoms with Crippen molar-refractivity contribution < 1.29 is 9.47 Å². The molecule has 0 radical (unpaired) electrons. The van der Waals surface area contributed by atoms with Crippen LogP contribution in [-0.4, -0.2) is 35.1 Å². The first-order chi connectivity index (χ1) is 11.1. The summed E-state index contributed by atoms with van der Waals surface area (Å²) in [7, 11) is 1.70. The van der Waals surface area contributed by atoms with Crippen molar-refractivity contribution in [3.63, 3.8) is 0 Å². The fourth-order valence-electron chi connectivity index (χ4n) is 3.00. The van der Waals surface area contributed by atoms with Crippen molar-refractivity contribution in [1.29, 1.82) is 0 Å². The summed E-state index contributed by atoms with van der Waals surface area (Å²) in [6.45, 7) is 7.95. The molecule has 1 fully saturated rings. The van der Waals surface area contributed by atoms with Crippen LogP contribution < -0.4 is 4.74 Å². The zero-order chi connectivity index (χ0) is 16.4. The van der Waals surface area contributed by atoms with E-state index in [0.29, 0.717) is 12.5 Å². The third-order valence-electron chi connectivity index (χ3n) is 4.17. The quantitative estimate of drug-likeness (QED) is 0.848. The molecule has 3 rings (SSSR count). The molecule has 2 heterocycles. The van der Waals surface area contributed by atoms with Gasteiger partial charge in [0.25, 0.3) is 0 Å². The van der Waals surface area contributed by atoms with E-state index in [2.05, 4.69) is 37.6 Å². The number of hydrogen-bond donors (Lipinski definition) is 0. The molecule has 5 heteroatoms. The van der Waals surface area contributed by atoms with Gasteiger partial charge in [-0.2, -0.15) is 5.10 Å². The smallest absolute Gasteiger partial charge is 0.158 e. The number of hydrogen-bond acceptors (Lipinski definition) is 4. The van der Waals surface area contributed by atoms with Crippen molar-refractivity contribution in [2.75, 3.05) is 20.3 Å². The van der Waals surface area contributed by atoms with Crippen LogP contribution in [0.2, 0.25) is 0 Å². The van der Waals surface area contributed by atoms with Gasteiger partial charge in [0, 0.05) is 18.6 Å². The average molecular weight is 315 g/mol. The fraction of sp³-hybridized carbons (Fsp3) is 0.556. The zero-order valence-corrected chi connectivity index (χ0v) is 14.4. The molecule has 1 aromatic heterocycles. The van der Waals surface area contributed by atoms with Crippen LogP contribution in [0.5, 0.6) is 5.75 Å². The highest BCUT2D eigenvalue weighted by atomic mass is 16.5. The summed E-state index contributed by atoms with van der Waals surface area (Å²) in [5.74, 6) is 3.28. The molecule has 1 aliphatic rings. The molecule has 0 spiro atoms. The van der Waals surface area contributed by atoms with E-state index in [1.807, 2.05) is 6.07 Å². The Morgan fingerprint density at radius 1 is 1.39 bits per heavy atom. The van der Waals surface area contributed by atoms with Gasteiger partial charge in [-0.3, -0.25) is 0 Å². The van der Waals surface area contributed by atoms with Crippen LogP contribution >= 0.6 is 0 Å². The number of rotatable bonds is 5. The maximum atomic E-state index is 5.54. The van der Waals surface area contributed by atoms with Crippen LogP contribution in [0.3, 0.4) is 0 Å². The lowest BCUT2D eigenvalue weighted by Crippen LogP contribution is -2.12. The van der Waals surface area contributed by atoms with E-state index in [4.69, 9.17) is 19.6 Å². The van der Waals surface area contributed by atoms with Gasteiger partial charge in [-0.05, 0) is 43.0 Å². The fourth-order valence-corrected chi connectivity index (χ4v) is 3.00. The molecule has 1 aromatic carbocycles. The highest BCUT2D eigenvalue weighted by Crippen LogP contribution is 2.29. The molecule has 1 unspecified atom stereocenters. The van der Waals surface area contributed by atoms with Gasteiger partial charge in [0.2, 0.25) is 0 Å². The first kappa shape index (κ1) is 16.0. The van der Waals surface area contributed by atoms with E-state index in [1.54, 1.807) is 7.11 Å². The number of aromatic nitrogens is 3. The van der Waals surface area contributed by atoms with E-state index in [1.165, 1.54) is 0 Å². The Balaban J connectivity index is 2.01. The molecule has 23 heavy (non-hydrogen) atoms. The highest BCUT2D eigenvalue weighted by Gasteiger charge is 2.24. The molecule has 0 aliphatic carbocycles. The van der Waals surface area contributed by atoms with Crippen molar-refractivity contribution in [2.45, 2.75) is 39.7 Å². The third kappa shape index (κ3) is 3.39. The van der Waals surface area contributed by atoms with Crippen LogP contribution in [0.15, 0.2) is 18.2 Å². The van der Waals surface area contributed by atoms with Crippen molar-refractivity contribution in [3.8, 4) is 17.1 Å². The topological polar surface area (TPSA) is 49.2 Å². The van der Waals surface area contributed by atoms with E-state index in [0.717, 1.165) is 48.0 Å². The van der Waals surface area contributed by atoms with Gasteiger partial charge in [-0.15, -0.1) is 0 Å². The van der Waals surface area contributed by atoms with Crippen LogP contribution in [0.4, 0.5) is 0 Å². The summed E-state index contributed by atoms with van der Waals surface area (Å²) in [5, 5.41) is 4.78. The Bertz CT molecular complexity index is 673. The standard InChI is InChI=1S/C18H25N3O2/c1-12(2)9-17-19-18(21(20-17)15-7-8-23-11-15)14-5-6-16(22-4)13(3)10-14/h5-6,10,12,15H,7-9,11H2,1-4H3. The molecule has 5 nitrogen and oxygen atoms in total. The van der Waals surface area contributed by atoms with Gasteiger partial charge in [-0.25, -0.2) is 9.67 Å². The molecule has 0 saturated carbocycles. The summed E-state index contributed by atoms with van der Waals surface area (Å²) >= 11 is 0. The predicted molar refractivity (Wildman–Crippen MR) is 89.8 cm³/mol. The van der Waals surface area contributed by atoms with Crippen molar-refractivity contribution in [3.05, 3.63) is 29.6 Å². The molecule has 0 amide bonds. The Morgan fingerprint density at radius 3 is 2.83 bits per heavy atom. The van der Waals surface area contributed by atoms with Gasteiger partial charge in [0.15, 0.2) is 11.6 Å². The van der Waals surface area contributed by atoms with Crippen LogP contribution in [-0.2, 0) is 11.2 Å². The van der Waals surface area contributed by atoms with Crippen molar-refractivity contribution >= 4 is 0 Å². The predicted octanol–water partition coefficient (Wildman–Crippen LogP) is 3.42. The lowest BCUT2D eigenvalue weighted by Gasteiger charge is -2.12. The maximum Gasteiger partial charge on any atom is 0.158 e. The summed E-state index contributed by atoms with van der Waals surface area (Å²) < 4.78 is 13.0. The molecule has 0 bridgehead atoms. The molecule has 124 valence electrons. The summed E-state index contributed by atoms with van der Waals surface area (Å²) in [6, 6.07) is 6.45. The third-order valence-corrected chi connectivity index (χ3v) is 4.17. The van der Waals surface area contributed by atoms with E-state index in [9.17, 15) is 0 Å². The maximum absolute atomic E-state index is 5.54. The lowest BCUT2D eigenvalue weighted by atomic mass is 10.1. The minimum Gasteiger partial charge on any atom is -0.496 e. The van der Waals surface area contributed by atoms with Crippen LogP contribution in [0.1, 0.15) is 37.7 Å². The number of methoxy groups -OCH3 is 1. The Kier molecular flexibility index (Phi) is 4.66. The number of nitrogens with zero attached hydrogens (tertiary/aromatic N) is 3. The van der Waals surface area contributed by atoms with E-state index >= 15 is 0 Å². The van der Waals surface area contributed by atoms with Gasteiger partial charge >= 0.3 is 0 Å². The van der Waals surface area contributed by atoms with Gasteiger partial charge < -0.3 is 9.47 Å². The van der Waals surface area contributed by atoms with Gasteiger partial charge in [0.05, 0.1) is 19.8 Å². The monoisotopic (exact) mass is 315 g/mol. The molecular weight excluding hydrogens is 290 g/mol. The largest absolute Gasteiger partial charge is 0.496 e. The molecule has 2 aromatic rings. The van der Waals surface area contributed by atoms with E-state index < -0.39 is 0 Å². The number of benzene rings is 1. The number of aryl methyl sites for hydroxylation is 1. The molecule has 0 N–H and O–H groups in total. The summed E-state index contributed by atoms with van der Waals surface area (Å²) in [5.41, 5.74) is 2.19. The highest BCUT2D eigenvalue weighted by molar-refractivity contribution is 5.59. The van der Waals surface area contributed by atoms with Crippen LogP contribution in [0.25, 0.3) is 11.4 Å². The van der Waals surface area contributed by atoms with Gasteiger partial charge in [0.1, 0.15) is 5.75 Å². The van der Waals surface area contributed by atoms with Gasteiger partial charge in [-0.1, -0.05) is 13.8 Å². The zero-order valence-electron chi connectivity index (χ0n) is 14.4. The molecule has 1 saturated heterocycles. The minimum atomic E-state index is 0.279. The molecule has 1 aliphatic heterocycles. The Hall–Kier alpha value is -1.88. The average Bonchev–Trinajstić information content (AvgIpc) is 3.15. The Morgan fingerprint density at radius 2 is 2.22 bits per heavy atom. The normalized spacial score (nSPS) is 17.9. The van der Waals surface area contributed by atoms with Crippen molar-refractivity contribution in [2.24, 2.45) is 5.92 Å². The van der Waals surface area contributed by atoms with Crippen molar-refractivity contribution in [1.82, 2.24) is 14.8 Å². The molecule has 1 atom stereocenters. The first-order valence-corrected chi connectivity index (χ1v) is 8.26. The first-order valence-electron chi connectivity index (χ1n) is 8.26. The minimum absolute atomic E-state index is 0.279. The molecular formula is C18H25N3O2. The second kappa shape index (κ2) is 6.71. The summed E-state index contributed by atoms with van der Waals surface area (Å²) in [6.07, 6.45) is 1.88. The van der Waals surface area contributed by atoms with Crippen LogP contribution in [0, 0.1) is 12.8 Å². The SMILES string of the molecule is COc1ccc(-c2nc(CC(C)C)nn2C2CCOC2)cc1C. The van der Waals surface area contributed by atoms with E-state index in [-0.39, 0.29) is 6.04 Å². The lowest BCUT2D eigenvalue weighted by molar-refractivity contribution is 0.184.